The molecule has 2 aromatic rings. The predicted octanol–water partition coefficient (Wildman–Crippen LogP) is 3.78. The fraction of sp³-hybridized carbons (Fsp3) is 0.500. The quantitative estimate of drug-likeness (QED) is 0.414. The maximum atomic E-state index is 13.6. The van der Waals surface area contributed by atoms with Crippen LogP contribution in [0, 0.1) is 0 Å². The van der Waals surface area contributed by atoms with Crippen molar-refractivity contribution in [1.82, 2.24) is 15.5 Å². The van der Waals surface area contributed by atoms with Gasteiger partial charge in [-0.05, 0) is 55.5 Å². The van der Waals surface area contributed by atoms with E-state index in [0.29, 0.717) is 25.3 Å². The first-order chi connectivity index (χ1) is 18.8. The summed E-state index contributed by atoms with van der Waals surface area (Å²) in [7, 11) is 0. The van der Waals surface area contributed by atoms with Crippen molar-refractivity contribution >= 4 is 29.1 Å². The molecule has 0 saturated heterocycles. The smallest absolute Gasteiger partial charge is 0.247 e. The highest BCUT2D eigenvalue weighted by Gasteiger charge is 2.44. The van der Waals surface area contributed by atoms with Gasteiger partial charge in [-0.1, -0.05) is 61.7 Å². The van der Waals surface area contributed by atoms with Gasteiger partial charge in [0.25, 0.3) is 0 Å². The number of thiophene rings is 1. The van der Waals surface area contributed by atoms with E-state index in [0.717, 1.165) is 43.2 Å². The van der Waals surface area contributed by atoms with E-state index in [1.165, 1.54) is 0 Å². The molecule has 1 aromatic carbocycles. The van der Waals surface area contributed by atoms with Gasteiger partial charge in [-0.3, -0.25) is 14.4 Å². The third-order valence-electron chi connectivity index (χ3n) is 7.32. The molecule has 0 bridgehead atoms. The summed E-state index contributed by atoms with van der Waals surface area (Å²) in [5, 5.41) is 10.0. The Morgan fingerprint density at radius 2 is 1.79 bits per heavy atom. The zero-order chi connectivity index (χ0) is 28.3. The first kappa shape index (κ1) is 30.5. The second-order valence-electron chi connectivity index (χ2n) is 10.2. The molecule has 2 aliphatic rings. The van der Waals surface area contributed by atoms with Gasteiger partial charge in [-0.15, -0.1) is 0 Å². The molecule has 212 valence electrons. The van der Waals surface area contributed by atoms with Gasteiger partial charge in [0.1, 0.15) is 6.04 Å². The van der Waals surface area contributed by atoms with Gasteiger partial charge in [0.05, 0.1) is 24.8 Å². The van der Waals surface area contributed by atoms with Gasteiger partial charge in [0, 0.05) is 18.7 Å². The number of nitrogens with one attached hydrogen (secondary N) is 2. The number of carbonyl (C=O) groups excluding carboxylic acids is 3. The predicted molar refractivity (Wildman–Crippen MR) is 155 cm³/mol. The van der Waals surface area contributed by atoms with E-state index in [9.17, 15) is 14.4 Å². The summed E-state index contributed by atoms with van der Waals surface area (Å²) in [6, 6.07) is 12.1. The molecular weight excluding hydrogens is 512 g/mol. The van der Waals surface area contributed by atoms with Crippen LogP contribution in [0.2, 0.25) is 0 Å². The Bertz CT molecular complexity index is 1080. The molecule has 1 unspecified atom stereocenters. The lowest BCUT2D eigenvalue weighted by Gasteiger charge is -2.38. The summed E-state index contributed by atoms with van der Waals surface area (Å²) in [5.41, 5.74) is 8.06. The van der Waals surface area contributed by atoms with E-state index in [4.69, 9.17) is 10.5 Å². The molecule has 1 aliphatic heterocycles. The molecule has 9 heteroatoms. The van der Waals surface area contributed by atoms with Crippen LogP contribution in [0.1, 0.15) is 58.4 Å². The fourth-order valence-corrected chi connectivity index (χ4v) is 5.52. The van der Waals surface area contributed by atoms with Crippen LogP contribution in [-0.2, 0) is 25.7 Å². The van der Waals surface area contributed by atoms with Crippen LogP contribution in [-0.4, -0.2) is 59.9 Å². The van der Waals surface area contributed by atoms with Crippen LogP contribution in [0.5, 0.6) is 0 Å². The molecule has 2 heterocycles. The minimum atomic E-state index is -0.865. The standard InChI is InChI=1S/C26H38N4O4.C4H4S/c1-4-30(15-21-18(2)23(31)29-26(21)13-9-6-10-14-26)25(33)22(28-24(32)19(3)27)17-34-16-20-11-7-5-8-12-20;1-2-4-5-3-1/h5,7-8,11-12,19,22H,4,6,9-10,13-17,27H2,1-3H3,(H,28,32)(H,29,31);1-4H/t19?,22-;/m1./s1. The molecule has 3 amide bonds. The molecule has 1 spiro atoms. The summed E-state index contributed by atoms with van der Waals surface area (Å²) in [5.74, 6) is -0.696. The number of hydrogen-bond acceptors (Lipinski definition) is 6. The average molecular weight is 555 g/mol. The maximum absolute atomic E-state index is 13.6. The van der Waals surface area contributed by atoms with Crippen LogP contribution in [0.25, 0.3) is 0 Å². The lowest BCUT2D eigenvalue weighted by atomic mass is 9.76. The van der Waals surface area contributed by atoms with Gasteiger partial charge >= 0.3 is 0 Å². The van der Waals surface area contributed by atoms with Gasteiger partial charge in [0.15, 0.2) is 0 Å². The van der Waals surface area contributed by atoms with Gasteiger partial charge < -0.3 is 26.0 Å². The Balaban J connectivity index is 0.000000753. The van der Waals surface area contributed by atoms with Gasteiger partial charge in [-0.2, -0.15) is 11.3 Å². The van der Waals surface area contributed by atoms with E-state index in [2.05, 4.69) is 10.6 Å². The second-order valence-corrected chi connectivity index (χ2v) is 11.0. The average Bonchev–Trinajstić information content (AvgIpc) is 3.59. The third kappa shape index (κ3) is 8.49. The Labute approximate surface area is 236 Å². The van der Waals surface area contributed by atoms with Crippen LogP contribution in [0.3, 0.4) is 0 Å². The van der Waals surface area contributed by atoms with Crippen LogP contribution < -0.4 is 16.4 Å². The molecule has 1 aliphatic carbocycles. The van der Waals surface area contributed by atoms with Crippen molar-refractivity contribution in [1.29, 1.82) is 0 Å². The Morgan fingerprint density at radius 1 is 1.13 bits per heavy atom. The van der Waals surface area contributed by atoms with Crippen molar-refractivity contribution in [3.05, 3.63) is 69.9 Å². The highest BCUT2D eigenvalue weighted by molar-refractivity contribution is 7.07. The van der Waals surface area contributed by atoms with Crippen LogP contribution in [0.15, 0.2) is 64.4 Å². The molecule has 4 rings (SSSR count). The number of nitrogens with zero attached hydrogens (tertiary/aromatic N) is 1. The largest absolute Gasteiger partial charge is 0.374 e. The van der Waals surface area contributed by atoms with Gasteiger partial charge in [0.2, 0.25) is 17.7 Å². The van der Waals surface area contributed by atoms with Crippen molar-refractivity contribution in [3.63, 3.8) is 0 Å². The number of likely N-dealkylation sites (N-methyl/N-ethyl adjacent to an activating group) is 1. The van der Waals surface area contributed by atoms with E-state index in [1.54, 1.807) is 23.2 Å². The second kappa shape index (κ2) is 15.0. The summed E-state index contributed by atoms with van der Waals surface area (Å²) < 4.78 is 5.81. The molecule has 39 heavy (non-hydrogen) atoms. The minimum Gasteiger partial charge on any atom is -0.374 e. The van der Waals surface area contributed by atoms with Crippen LogP contribution >= 0.6 is 11.3 Å². The minimum absolute atomic E-state index is 0.0308. The number of hydrogen-bond donors (Lipinski definition) is 3. The third-order valence-corrected chi connectivity index (χ3v) is 7.95. The molecule has 0 radical (unpaired) electrons. The Kier molecular flexibility index (Phi) is 11.7. The summed E-state index contributed by atoms with van der Waals surface area (Å²) in [6.45, 7) is 6.48. The highest BCUT2D eigenvalue weighted by Crippen LogP contribution is 2.40. The topological polar surface area (TPSA) is 114 Å². The highest BCUT2D eigenvalue weighted by atomic mass is 32.1. The summed E-state index contributed by atoms with van der Waals surface area (Å²) in [4.78, 5) is 40.2. The number of ether oxygens (including phenoxy) is 1. The van der Waals surface area contributed by atoms with E-state index >= 15 is 0 Å². The fourth-order valence-electron chi connectivity index (χ4n) is 5.06. The normalized spacial score (nSPS) is 17.6. The molecule has 1 saturated carbocycles. The molecule has 8 nitrogen and oxygen atoms in total. The molecule has 2 atom stereocenters. The monoisotopic (exact) mass is 554 g/mol. The van der Waals surface area contributed by atoms with Crippen molar-refractivity contribution in [2.24, 2.45) is 5.73 Å². The SMILES string of the molecule is CCN(CC1=C(C)C(=O)NC12CCCCC2)C(=O)[C@@H](COCc1ccccc1)NC(=O)C(C)N.c1ccsc1. The summed E-state index contributed by atoms with van der Waals surface area (Å²) >= 11 is 1.71. The Morgan fingerprint density at radius 3 is 2.36 bits per heavy atom. The number of amides is 3. The van der Waals surface area contributed by atoms with E-state index in [-0.39, 0.29) is 24.0 Å². The first-order valence-corrected chi connectivity index (χ1v) is 14.7. The van der Waals surface area contributed by atoms with E-state index < -0.39 is 18.0 Å². The van der Waals surface area contributed by atoms with Crippen molar-refractivity contribution in [3.8, 4) is 0 Å². The number of rotatable bonds is 10. The van der Waals surface area contributed by atoms with Crippen molar-refractivity contribution in [2.45, 2.75) is 77.1 Å². The zero-order valence-electron chi connectivity index (χ0n) is 23.3. The Hall–Kier alpha value is -3.01. The molecule has 1 fully saturated rings. The van der Waals surface area contributed by atoms with Crippen LogP contribution in [0.4, 0.5) is 0 Å². The van der Waals surface area contributed by atoms with E-state index in [1.807, 2.05) is 67.1 Å². The number of carbonyl (C=O) groups is 3. The number of benzene rings is 1. The zero-order valence-corrected chi connectivity index (χ0v) is 24.1. The molecule has 4 N–H and O–H groups in total. The number of nitrogens with two attached hydrogens (primary N) is 1. The summed E-state index contributed by atoms with van der Waals surface area (Å²) in [6.07, 6.45) is 5.05. The molecule has 1 aromatic heterocycles. The lowest BCUT2D eigenvalue weighted by molar-refractivity contribution is -0.138. The van der Waals surface area contributed by atoms with Crippen molar-refractivity contribution < 1.29 is 19.1 Å². The van der Waals surface area contributed by atoms with Crippen molar-refractivity contribution in [2.75, 3.05) is 19.7 Å². The maximum Gasteiger partial charge on any atom is 0.247 e. The first-order valence-electron chi connectivity index (χ1n) is 13.7. The lowest BCUT2D eigenvalue weighted by Crippen LogP contribution is -2.55. The molecular formula is C30H42N4O4S. The van der Waals surface area contributed by atoms with Gasteiger partial charge in [-0.25, -0.2) is 0 Å².